The first-order valence-corrected chi connectivity index (χ1v) is 6.37. The number of aliphatic carboxylic acids is 1. The van der Waals surface area contributed by atoms with Crippen molar-refractivity contribution in [2.24, 2.45) is 0 Å². The molecule has 0 spiro atoms. The lowest BCUT2D eigenvalue weighted by Crippen LogP contribution is -2.57. The van der Waals surface area contributed by atoms with Gasteiger partial charge in [-0.3, -0.25) is 9.59 Å². The quantitative estimate of drug-likeness (QED) is 0.575. The Morgan fingerprint density at radius 2 is 1.75 bits per heavy atom. The number of carboxylic acid groups (broad SMARTS) is 1. The van der Waals surface area contributed by atoms with Crippen LogP contribution in [0.5, 0.6) is 0 Å². The molecule has 3 N–H and O–H groups in total. The van der Waals surface area contributed by atoms with E-state index in [1.807, 2.05) is 0 Å². The summed E-state index contributed by atoms with van der Waals surface area (Å²) in [5.41, 5.74) is -1.39. The molecular weight excluding hydrogens is 236 g/mol. The number of hydrogen-bond donors (Lipinski definition) is 3. The van der Waals surface area contributed by atoms with Crippen molar-refractivity contribution in [1.82, 2.24) is 10.0 Å². The normalized spacial score (nSPS) is 14.2. The van der Waals surface area contributed by atoms with Crippen molar-refractivity contribution >= 4 is 21.9 Å². The minimum Gasteiger partial charge on any atom is -0.480 e. The van der Waals surface area contributed by atoms with Crippen molar-refractivity contribution in [2.75, 3.05) is 6.26 Å². The smallest absolute Gasteiger partial charge is 0.325 e. The molecule has 1 unspecified atom stereocenters. The number of carbonyl (C=O) groups is 2. The summed E-state index contributed by atoms with van der Waals surface area (Å²) in [5, 5.41) is 10.8. The summed E-state index contributed by atoms with van der Waals surface area (Å²) >= 11 is 0. The van der Waals surface area contributed by atoms with Crippen molar-refractivity contribution in [3.8, 4) is 0 Å². The Hall–Kier alpha value is -1.15. The summed E-state index contributed by atoms with van der Waals surface area (Å²) < 4.78 is 24.0. The zero-order valence-corrected chi connectivity index (χ0v) is 10.4. The Morgan fingerprint density at radius 1 is 1.31 bits per heavy atom. The Kier molecular flexibility index (Phi) is 4.45. The zero-order valence-electron chi connectivity index (χ0n) is 9.57. The van der Waals surface area contributed by atoms with E-state index in [-0.39, 0.29) is 0 Å². The van der Waals surface area contributed by atoms with Gasteiger partial charge in [0.2, 0.25) is 15.9 Å². The topological polar surface area (TPSA) is 113 Å². The lowest BCUT2D eigenvalue weighted by atomic mass is 10.1. The van der Waals surface area contributed by atoms with Gasteiger partial charge in [-0.1, -0.05) is 0 Å². The molecule has 16 heavy (non-hydrogen) atoms. The molecule has 8 heteroatoms. The fourth-order valence-electron chi connectivity index (χ4n) is 0.949. The van der Waals surface area contributed by atoms with E-state index in [0.717, 1.165) is 6.26 Å². The molecule has 1 amide bonds. The Labute approximate surface area is 94.3 Å². The van der Waals surface area contributed by atoms with Gasteiger partial charge in [-0.2, -0.15) is 0 Å². The van der Waals surface area contributed by atoms with E-state index in [1.54, 1.807) is 0 Å². The van der Waals surface area contributed by atoms with Crippen molar-refractivity contribution in [3.05, 3.63) is 0 Å². The predicted molar refractivity (Wildman–Crippen MR) is 57.3 cm³/mol. The number of carbonyl (C=O) groups excluding carboxylic acids is 1. The highest BCUT2D eigenvalue weighted by Gasteiger charge is 2.32. The second kappa shape index (κ2) is 4.79. The monoisotopic (exact) mass is 252 g/mol. The Morgan fingerprint density at radius 3 is 2.06 bits per heavy atom. The summed E-state index contributed by atoms with van der Waals surface area (Å²) in [5.74, 6) is -1.89. The van der Waals surface area contributed by atoms with Crippen LogP contribution in [-0.2, 0) is 19.6 Å². The minimum atomic E-state index is -3.54. The third-order valence-electron chi connectivity index (χ3n) is 1.73. The molecule has 0 aliphatic rings. The van der Waals surface area contributed by atoms with Crippen molar-refractivity contribution < 1.29 is 23.1 Å². The van der Waals surface area contributed by atoms with Crippen LogP contribution in [0.15, 0.2) is 0 Å². The van der Waals surface area contributed by atoms with Gasteiger partial charge in [0.1, 0.15) is 11.6 Å². The number of sulfonamides is 1. The van der Waals surface area contributed by atoms with Gasteiger partial charge in [-0.15, -0.1) is 0 Å². The fraction of sp³-hybridized carbons (Fsp3) is 0.750. The highest BCUT2D eigenvalue weighted by Crippen LogP contribution is 2.04. The van der Waals surface area contributed by atoms with Gasteiger partial charge >= 0.3 is 5.97 Å². The minimum absolute atomic E-state index is 0.701. The molecule has 94 valence electrons. The molecule has 0 bridgehead atoms. The van der Waals surface area contributed by atoms with Gasteiger partial charge < -0.3 is 10.4 Å². The summed E-state index contributed by atoms with van der Waals surface area (Å²) in [4.78, 5) is 22.0. The van der Waals surface area contributed by atoms with Crippen LogP contribution in [0.4, 0.5) is 0 Å². The van der Waals surface area contributed by atoms with Crippen LogP contribution in [0.25, 0.3) is 0 Å². The summed E-state index contributed by atoms with van der Waals surface area (Å²) in [6.07, 6.45) is 0.919. The lowest BCUT2D eigenvalue weighted by Gasteiger charge is -2.24. The van der Waals surface area contributed by atoms with E-state index in [2.05, 4.69) is 10.0 Å². The molecule has 0 saturated heterocycles. The largest absolute Gasteiger partial charge is 0.480 e. The van der Waals surface area contributed by atoms with Gasteiger partial charge in [-0.25, -0.2) is 13.1 Å². The number of rotatable bonds is 5. The first kappa shape index (κ1) is 14.8. The highest BCUT2D eigenvalue weighted by atomic mass is 32.2. The molecule has 7 nitrogen and oxygen atoms in total. The average molecular weight is 252 g/mol. The Balaban J connectivity index is 4.66. The molecule has 0 aromatic carbocycles. The van der Waals surface area contributed by atoms with Crippen LogP contribution in [-0.4, -0.2) is 43.2 Å². The van der Waals surface area contributed by atoms with Crippen molar-refractivity contribution in [3.63, 3.8) is 0 Å². The number of hydrogen-bond acceptors (Lipinski definition) is 4. The number of amides is 1. The maximum Gasteiger partial charge on any atom is 0.325 e. The standard InChI is InChI=1S/C8H16N2O5S/c1-5(6(11)12)9-7(13)8(2,3)10-16(4,14)15/h5,10H,1-4H3,(H,9,13)(H,11,12). The van der Waals surface area contributed by atoms with E-state index in [9.17, 15) is 18.0 Å². The van der Waals surface area contributed by atoms with Crippen molar-refractivity contribution in [2.45, 2.75) is 32.4 Å². The fourth-order valence-corrected chi connectivity index (χ4v) is 1.97. The molecule has 0 aliphatic carbocycles. The molecule has 0 rings (SSSR count). The molecule has 0 aromatic heterocycles. The average Bonchev–Trinajstić information content (AvgIpc) is 1.98. The molecule has 0 heterocycles. The first-order chi connectivity index (χ1) is 6.96. The molecule has 0 saturated carbocycles. The number of carboxylic acids is 1. The van der Waals surface area contributed by atoms with Crippen LogP contribution in [0.3, 0.4) is 0 Å². The van der Waals surface area contributed by atoms with E-state index in [1.165, 1.54) is 20.8 Å². The van der Waals surface area contributed by atoms with E-state index < -0.39 is 33.5 Å². The van der Waals surface area contributed by atoms with Crippen LogP contribution < -0.4 is 10.0 Å². The predicted octanol–water partition coefficient (Wildman–Crippen LogP) is -1.10. The molecule has 0 aromatic rings. The Bertz CT molecular complexity index is 387. The summed E-state index contributed by atoms with van der Waals surface area (Å²) in [7, 11) is -3.54. The zero-order chi connectivity index (χ0) is 13.1. The van der Waals surface area contributed by atoms with Crippen LogP contribution >= 0.6 is 0 Å². The summed E-state index contributed by atoms with van der Waals surface area (Å²) in [6.45, 7) is 3.98. The van der Waals surface area contributed by atoms with E-state index in [4.69, 9.17) is 5.11 Å². The SMILES string of the molecule is CC(NC(=O)C(C)(C)NS(C)(=O)=O)C(=O)O. The van der Waals surface area contributed by atoms with Gasteiger partial charge in [0.05, 0.1) is 6.26 Å². The number of nitrogens with one attached hydrogen (secondary N) is 2. The molecular formula is C8H16N2O5S. The second-order valence-electron chi connectivity index (χ2n) is 4.03. The molecule has 0 fully saturated rings. The van der Waals surface area contributed by atoms with Crippen LogP contribution in [0, 0.1) is 0 Å². The van der Waals surface area contributed by atoms with Gasteiger partial charge in [0.15, 0.2) is 0 Å². The second-order valence-corrected chi connectivity index (χ2v) is 5.78. The van der Waals surface area contributed by atoms with Crippen molar-refractivity contribution in [1.29, 1.82) is 0 Å². The lowest BCUT2D eigenvalue weighted by molar-refractivity contribution is -0.142. The molecule has 0 radical (unpaired) electrons. The van der Waals surface area contributed by atoms with Crippen LogP contribution in [0.2, 0.25) is 0 Å². The highest BCUT2D eigenvalue weighted by molar-refractivity contribution is 7.88. The molecule has 0 aliphatic heterocycles. The molecule has 1 atom stereocenters. The third-order valence-corrected chi connectivity index (χ3v) is 2.61. The maximum absolute atomic E-state index is 11.6. The van der Waals surface area contributed by atoms with Gasteiger partial charge in [0.25, 0.3) is 0 Å². The van der Waals surface area contributed by atoms with E-state index in [0.29, 0.717) is 0 Å². The van der Waals surface area contributed by atoms with E-state index >= 15 is 0 Å². The van der Waals surface area contributed by atoms with Crippen LogP contribution in [0.1, 0.15) is 20.8 Å². The van der Waals surface area contributed by atoms with Gasteiger partial charge in [-0.05, 0) is 20.8 Å². The summed E-state index contributed by atoms with van der Waals surface area (Å²) in [6, 6.07) is -1.08. The maximum atomic E-state index is 11.6. The first-order valence-electron chi connectivity index (χ1n) is 4.48. The van der Waals surface area contributed by atoms with Gasteiger partial charge in [0, 0.05) is 0 Å². The third kappa shape index (κ3) is 5.08.